The highest BCUT2D eigenvalue weighted by Crippen LogP contribution is 2.39. The highest BCUT2D eigenvalue weighted by atomic mass is 32.1. The van der Waals surface area contributed by atoms with Crippen LogP contribution in [0, 0.1) is 5.92 Å². The molecule has 0 aromatic carbocycles. The number of amides is 2. The number of primary amides is 1. The van der Waals surface area contributed by atoms with Gasteiger partial charge in [0.15, 0.2) is 0 Å². The maximum absolute atomic E-state index is 13.2. The zero-order chi connectivity index (χ0) is 22.4. The predicted octanol–water partition coefficient (Wildman–Crippen LogP) is 5.08. The van der Waals surface area contributed by atoms with Crippen molar-refractivity contribution in [2.24, 2.45) is 11.7 Å². The number of nitrogens with zero attached hydrogens (tertiary/aromatic N) is 1. The Kier molecular flexibility index (Phi) is 5.67. The van der Waals surface area contributed by atoms with Gasteiger partial charge >= 0.3 is 0 Å². The van der Waals surface area contributed by atoms with Crippen LogP contribution in [0.15, 0.2) is 6.07 Å². The molecule has 2 amide bonds. The first-order valence-corrected chi connectivity index (χ1v) is 13.0. The number of nitrogens with two attached hydrogens (primary N) is 2. The zero-order valence-corrected chi connectivity index (χ0v) is 19.9. The molecule has 0 saturated heterocycles. The average Bonchev–Trinajstić information content (AvgIpc) is 3.23. The summed E-state index contributed by atoms with van der Waals surface area (Å²) >= 11 is 2.81. The molecule has 0 spiro atoms. The Morgan fingerprint density at radius 3 is 2.69 bits per heavy atom. The lowest BCUT2D eigenvalue weighted by atomic mass is 9.87. The number of carbonyl (C=O) groups excluding carboxylic acids is 2. The van der Waals surface area contributed by atoms with Gasteiger partial charge in [-0.1, -0.05) is 19.8 Å². The number of pyridine rings is 1. The second-order valence-corrected chi connectivity index (χ2v) is 11.2. The molecule has 32 heavy (non-hydrogen) atoms. The minimum atomic E-state index is -0.480. The largest absolute Gasteiger partial charge is 0.397 e. The van der Waals surface area contributed by atoms with Crippen molar-refractivity contribution < 1.29 is 9.59 Å². The van der Waals surface area contributed by atoms with E-state index in [0.717, 1.165) is 72.8 Å². The van der Waals surface area contributed by atoms with Crippen molar-refractivity contribution >= 4 is 55.4 Å². The maximum atomic E-state index is 13.2. The Balaban J connectivity index is 1.49. The standard InChI is InChI=1S/C24H28N4O2S2/c1-12-8-9-16-13(10-12)11-15-19(25)20(32-23(15)27-16)22(30)28-24-18(21(26)29)14-6-4-2-3-5-7-17(14)31-24/h11-12H,2-10,25H2,1H3,(H2,26,29)(H,28,30). The fourth-order valence-corrected chi connectivity index (χ4v) is 7.25. The van der Waals surface area contributed by atoms with Crippen LogP contribution < -0.4 is 16.8 Å². The van der Waals surface area contributed by atoms with Crippen LogP contribution in [0.3, 0.4) is 0 Å². The topological polar surface area (TPSA) is 111 Å². The summed E-state index contributed by atoms with van der Waals surface area (Å²) in [6.45, 7) is 2.25. The van der Waals surface area contributed by atoms with Gasteiger partial charge in [-0.25, -0.2) is 4.98 Å². The molecule has 0 saturated carbocycles. The summed E-state index contributed by atoms with van der Waals surface area (Å²) in [7, 11) is 0. The van der Waals surface area contributed by atoms with Crippen molar-refractivity contribution in [3.05, 3.63) is 38.2 Å². The number of thiophene rings is 2. The van der Waals surface area contributed by atoms with E-state index in [9.17, 15) is 9.59 Å². The monoisotopic (exact) mass is 468 g/mol. The molecule has 2 aliphatic rings. The first kappa shape index (κ1) is 21.4. The van der Waals surface area contributed by atoms with Gasteiger partial charge in [0.1, 0.15) is 14.7 Å². The smallest absolute Gasteiger partial charge is 0.268 e. The van der Waals surface area contributed by atoms with Crippen molar-refractivity contribution in [2.45, 2.75) is 64.7 Å². The molecule has 6 nitrogen and oxygen atoms in total. The van der Waals surface area contributed by atoms with Gasteiger partial charge in [0.25, 0.3) is 11.8 Å². The lowest BCUT2D eigenvalue weighted by molar-refractivity contribution is 0.100. The van der Waals surface area contributed by atoms with Crippen LogP contribution in [0.4, 0.5) is 10.7 Å². The minimum Gasteiger partial charge on any atom is -0.397 e. The van der Waals surface area contributed by atoms with Gasteiger partial charge in [0, 0.05) is 16.0 Å². The van der Waals surface area contributed by atoms with E-state index in [1.54, 1.807) is 0 Å². The number of fused-ring (bicyclic) bond motifs is 3. The third kappa shape index (κ3) is 3.79. The van der Waals surface area contributed by atoms with Gasteiger partial charge < -0.3 is 16.8 Å². The lowest BCUT2D eigenvalue weighted by Crippen LogP contribution is -2.18. The number of hydrogen-bond donors (Lipinski definition) is 3. The molecule has 5 N–H and O–H groups in total. The summed E-state index contributed by atoms with van der Waals surface area (Å²) in [4.78, 5) is 32.8. The van der Waals surface area contributed by atoms with Crippen molar-refractivity contribution in [3.8, 4) is 0 Å². The third-order valence-electron chi connectivity index (χ3n) is 6.68. The van der Waals surface area contributed by atoms with Crippen LogP contribution in [0.5, 0.6) is 0 Å². The summed E-state index contributed by atoms with van der Waals surface area (Å²) in [5, 5.41) is 4.36. The normalized spacial score (nSPS) is 18.5. The molecule has 3 aromatic heterocycles. The molecule has 0 radical (unpaired) electrons. The summed E-state index contributed by atoms with van der Waals surface area (Å²) in [6, 6.07) is 2.11. The molecule has 2 aliphatic carbocycles. The summed E-state index contributed by atoms with van der Waals surface area (Å²) in [5.41, 5.74) is 16.5. The molecule has 3 aromatic rings. The third-order valence-corrected chi connectivity index (χ3v) is 9.00. The highest BCUT2D eigenvalue weighted by molar-refractivity contribution is 7.21. The second-order valence-electron chi connectivity index (χ2n) is 9.08. The Morgan fingerprint density at radius 1 is 1.12 bits per heavy atom. The molecular formula is C24H28N4O2S2. The number of aromatic nitrogens is 1. The highest BCUT2D eigenvalue weighted by Gasteiger charge is 2.26. The van der Waals surface area contributed by atoms with E-state index >= 15 is 0 Å². The van der Waals surface area contributed by atoms with Gasteiger partial charge in [-0.05, 0) is 68.1 Å². The van der Waals surface area contributed by atoms with Crippen LogP contribution in [0.25, 0.3) is 10.2 Å². The SMILES string of the molecule is CC1CCc2nc3sc(C(=O)Nc4sc5c(c4C(N)=O)CCCCCC5)c(N)c3cc2C1. The zero-order valence-electron chi connectivity index (χ0n) is 18.3. The van der Waals surface area contributed by atoms with E-state index in [1.165, 1.54) is 39.5 Å². The van der Waals surface area contributed by atoms with Crippen LogP contribution in [-0.2, 0) is 25.7 Å². The molecule has 1 atom stereocenters. The fourth-order valence-electron chi connectivity index (χ4n) is 4.97. The van der Waals surface area contributed by atoms with E-state index in [2.05, 4.69) is 18.3 Å². The van der Waals surface area contributed by atoms with Crippen molar-refractivity contribution in [1.29, 1.82) is 0 Å². The summed E-state index contributed by atoms with van der Waals surface area (Å²) in [6.07, 6.45) is 9.34. The van der Waals surface area contributed by atoms with Gasteiger partial charge in [-0.3, -0.25) is 9.59 Å². The molecule has 0 aliphatic heterocycles. The van der Waals surface area contributed by atoms with Crippen molar-refractivity contribution in [1.82, 2.24) is 4.98 Å². The number of rotatable bonds is 3. The van der Waals surface area contributed by atoms with Crippen molar-refractivity contribution in [3.63, 3.8) is 0 Å². The quantitative estimate of drug-likeness (QED) is 0.498. The van der Waals surface area contributed by atoms with Crippen LogP contribution in [0.2, 0.25) is 0 Å². The molecule has 5 rings (SSSR count). The van der Waals surface area contributed by atoms with Crippen LogP contribution in [0.1, 0.15) is 80.8 Å². The molecular weight excluding hydrogens is 440 g/mol. The predicted molar refractivity (Wildman–Crippen MR) is 132 cm³/mol. The Hall–Kier alpha value is -2.45. The van der Waals surface area contributed by atoms with Gasteiger partial charge in [0.2, 0.25) is 0 Å². The molecule has 0 fully saturated rings. The first-order valence-electron chi connectivity index (χ1n) is 11.4. The van der Waals surface area contributed by atoms with E-state index < -0.39 is 5.91 Å². The second kappa shape index (κ2) is 8.48. The summed E-state index contributed by atoms with van der Waals surface area (Å²) in [5.74, 6) is -0.144. The number of carbonyl (C=O) groups is 2. The Bertz CT molecular complexity index is 1230. The summed E-state index contributed by atoms with van der Waals surface area (Å²) < 4.78 is 0. The van der Waals surface area contributed by atoms with E-state index in [4.69, 9.17) is 16.5 Å². The van der Waals surface area contributed by atoms with Crippen molar-refractivity contribution in [2.75, 3.05) is 11.1 Å². The van der Waals surface area contributed by atoms with Gasteiger partial charge in [-0.15, -0.1) is 22.7 Å². The number of hydrogen-bond acceptors (Lipinski definition) is 6. The molecule has 168 valence electrons. The molecule has 3 heterocycles. The number of anilines is 2. The Labute approximate surface area is 195 Å². The number of aryl methyl sites for hydroxylation is 2. The van der Waals surface area contributed by atoms with Crippen LogP contribution in [-0.4, -0.2) is 16.8 Å². The first-order chi connectivity index (χ1) is 15.4. The van der Waals surface area contributed by atoms with Gasteiger partial charge in [-0.2, -0.15) is 0 Å². The van der Waals surface area contributed by atoms with Crippen LogP contribution >= 0.6 is 22.7 Å². The molecule has 8 heteroatoms. The molecule has 1 unspecified atom stereocenters. The van der Waals surface area contributed by atoms with E-state index in [1.807, 2.05) is 0 Å². The number of nitrogens with one attached hydrogen (secondary N) is 1. The number of nitrogen functional groups attached to an aromatic ring is 1. The lowest BCUT2D eigenvalue weighted by Gasteiger charge is -2.20. The van der Waals surface area contributed by atoms with Gasteiger partial charge in [0.05, 0.1) is 11.3 Å². The maximum Gasteiger partial charge on any atom is 0.268 e. The Morgan fingerprint density at radius 2 is 1.91 bits per heavy atom. The average molecular weight is 469 g/mol. The molecule has 0 bridgehead atoms. The van der Waals surface area contributed by atoms with E-state index in [0.29, 0.717) is 27.0 Å². The fraction of sp³-hybridized carbons (Fsp3) is 0.458. The minimum absolute atomic E-state index is 0.298. The van der Waals surface area contributed by atoms with E-state index in [-0.39, 0.29) is 5.91 Å².